The zero-order chi connectivity index (χ0) is 19.8. The summed E-state index contributed by atoms with van der Waals surface area (Å²) in [5.74, 6) is 0.774. The molecule has 0 spiro atoms. The van der Waals surface area contributed by atoms with Crippen molar-refractivity contribution >= 4 is 16.6 Å². The number of benzene rings is 1. The topological polar surface area (TPSA) is 91.8 Å². The van der Waals surface area contributed by atoms with Gasteiger partial charge < -0.3 is 10.1 Å². The highest BCUT2D eigenvalue weighted by Crippen LogP contribution is 2.25. The zero-order valence-corrected chi connectivity index (χ0v) is 16.3. The Bertz CT molecular complexity index is 826. The molecular weight excluding hydrogens is 344 g/mol. The Morgan fingerprint density at radius 3 is 2.85 bits per heavy atom. The van der Waals surface area contributed by atoms with Crippen molar-refractivity contribution in [3.05, 3.63) is 48.3 Å². The number of hydrogen-bond acceptors (Lipinski definition) is 6. The maximum atomic E-state index is 8.93. The van der Waals surface area contributed by atoms with Crippen LogP contribution < -0.4 is 10.1 Å². The van der Waals surface area contributed by atoms with Gasteiger partial charge in [-0.15, -0.1) is 0 Å². The minimum atomic E-state index is -0.554. The maximum Gasteiger partial charge on any atom is 0.131 e. The van der Waals surface area contributed by atoms with Gasteiger partial charge in [0.05, 0.1) is 23.0 Å². The lowest BCUT2D eigenvalue weighted by atomic mass is 10.1. The monoisotopic (exact) mass is 372 g/mol. The van der Waals surface area contributed by atoms with E-state index in [0.717, 1.165) is 29.6 Å². The van der Waals surface area contributed by atoms with Crippen molar-refractivity contribution in [1.29, 1.82) is 0 Å². The Morgan fingerprint density at radius 2 is 2.22 bits per heavy atom. The zero-order valence-electron chi connectivity index (χ0n) is 16.3. The van der Waals surface area contributed by atoms with Crippen molar-refractivity contribution in [1.82, 2.24) is 15.5 Å². The smallest absolute Gasteiger partial charge is 0.131 e. The van der Waals surface area contributed by atoms with E-state index in [9.17, 15) is 0 Å². The molecule has 7 nitrogen and oxygen atoms in total. The number of H-pyrrole nitrogens is 1. The highest BCUT2D eigenvalue weighted by Gasteiger charge is 2.15. The van der Waals surface area contributed by atoms with Gasteiger partial charge in [-0.3, -0.25) is 10.4 Å². The lowest BCUT2D eigenvalue weighted by molar-refractivity contribution is -0.264. The number of fused-ring (bicyclic) bond motifs is 1. The van der Waals surface area contributed by atoms with E-state index in [-0.39, 0.29) is 6.10 Å². The van der Waals surface area contributed by atoms with Gasteiger partial charge in [-0.2, -0.15) is 5.10 Å². The molecule has 0 bridgehead atoms. The molecule has 0 radical (unpaired) electrons. The molecule has 0 aliphatic rings. The number of aliphatic imine (C=N–C) groups is 1. The van der Waals surface area contributed by atoms with Crippen LogP contribution in [0, 0.1) is 0 Å². The number of nitrogens with one attached hydrogen (secondary N) is 2. The average molecular weight is 372 g/mol. The molecule has 27 heavy (non-hydrogen) atoms. The summed E-state index contributed by atoms with van der Waals surface area (Å²) in [7, 11) is 1.92. The third-order valence-corrected chi connectivity index (χ3v) is 4.23. The largest absolute Gasteiger partial charge is 0.491 e. The molecule has 0 aliphatic carbocycles. The van der Waals surface area contributed by atoms with Gasteiger partial charge in [0.15, 0.2) is 0 Å². The molecule has 1 unspecified atom stereocenters. The predicted octanol–water partition coefficient (Wildman–Crippen LogP) is 3.70. The fraction of sp³-hybridized carbons (Fsp3) is 0.400. The van der Waals surface area contributed by atoms with E-state index in [0.29, 0.717) is 17.1 Å². The first kappa shape index (κ1) is 20.8. The third-order valence-electron chi connectivity index (χ3n) is 4.23. The van der Waals surface area contributed by atoms with Crippen LogP contribution >= 0.6 is 0 Å². The first-order valence-electron chi connectivity index (χ1n) is 9.01. The fourth-order valence-corrected chi connectivity index (χ4v) is 2.68. The summed E-state index contributed by atoms with van der Waals surface area (Å²) in [6, 6.07) is 5.80. The molecule has 0 saturated heterocycles. The highest BCUT2D eigenvalue weighted by molar-refractivity contribution is 6.15. The molecule has 1 aromatic heterocycles. The highest BCUT2D eigenvalue weighted by atomic mass is 17.1. The van der Waals surface area contributed by atoms with Gasteiger partial charge >= 0.3 is 0 Å². The SMILES string of the molecule is C=C/C(=N\C(=C/C)[C@@H](C)OO)c1n[nH]c2ccc(OC(C)CCNC)cc12. The number of nitrogens with zero attached hydrogens (tertiary/aromatic N) is 2. The molecule has 3 N–H and O–H groups in total. The van der Waals surface area contributed by atoms with E-state index in [1.54, 1.807) is 19.1 Å². The van der Waals surface area contributed by atoms with Gasteiger partial charge in [0, 0.05) is 5.39 Å². The molecule has 1 aromatic carbocycles. The molecule has 2 aromatic rings. The second-order valence-electron chi connectivity index (χ2n) is 6.26. The summed E-state index contributed by atoms with van der Waals surface area (Å²) in [6.07, 6.45) is 3.86. The Hall–Kier alpha value is -2.48. The number of ether oxygens (including phenoxy) is 1. The maximum absolute atomic E-state index is 8.93. The van der Waals surface area contributed by atoms with Crippen LogP contribution in [0.2, 0.25) is 0 Å². The number of aromatic nitrogens is 2. The van der Waals surface area contributed by atoms with E-state index in [2.05, 4.69) is 32.0 Å². The van der Waals surface area contributed by atoms with Crippen LogP contribution in [0.5, 0.6) is 5.75 Å². The predicted molar refractivity (Wildman–Crippen MR) is 108 cm³/mol. The standard InChI is InChI=1S/C20H28N4O3/c1-6-17(14(4)27-25)22-18(7-2)20-16-12-15(8-9-19(16)23-24-20)26-13(3)10-11-21-5/h6-9,12-14,21,25H,2,10-11H2,1,3-5H3,(H,23,24)/b17-6-,22-18+/t13?,14-/m1/s1. The lowest BCUT2D eigenvalue weighted by Crippen LogP contribution is -2.19. The van der Waals surface area contributed by atoms with Crippen LogP contribution in [-0.4, -0.2) is 47.0 Å². The molecule has 146 valence electrons. The summed E-state index contributed by atoms with van der Waals surface area (Å²) >= 11 is 0. The van der Waals surface area contributed by atoms with Gasteiger partial charge in [0.2, 0.25) is 0 Å². The van der Waals surface area contributed by atoms with Gasteiger partial charge in [-0.25, -0.2) is 9.88 Å². The molecule has 0 fully saturated rings. The van der Waals surface area contributed by atoms with Crippen LogP contribution in [0.1, 0.15) is 32.9 Å². The summed E-state index contributed by atoms with van der Waals surface area (Å²) < 4.78 is 6.01. The van der Waals surface area contributed by atoms with Crippen molar-refractivity contribution < 1.29 is 14.9 Å². The molecule has 1 heterocycles. The van der Waals surface area contributed by atoms with E-state index < -0.39 is 6.10 Å². The van der Waals surface area contributed by atoms with Gasteiger partial charge in [-0.05, 0) is 65.1 Å². The summed E-state index contributed by atoms with van der Waals surface area (Å²) in [5, 5.41) is 20.3. The summed E-state index contributed by atoms with van der Waals surface area (Å²) in [5.41, 5.74) is 2.70. The van der Waals surface area contributed by atoms with Gasteiger partial charge in [0.1, 0.15) is 17.5 Å². The van der Waals surface area contributed by atoms with E-state index >= 15 is 0 Å². The normalized spacial score (nSPS) is 15.0. The molecule has 2 rings (SSSR count). The van der Waals surface area contributed by atoms with Crippen LogP contribution in [0.15, 0.2) is 47.6 Å². The van der Waals surface area contributed by atoms with Crippen LogP contribution in [0.3, 0.4) is 0 Å². The minimum absolute atomic E-state index is 0.0926. The van der Waals surface area contributed by atoms with E-state index in [1.807, 2.05) is 39.1 Å². The average Bonchev–Trinajstić information content (AvgIpc) is 3.10. The first-order chi connectivity index (χ1) is 13.0. The van der Waals surface area contributed by atoms with Crippen molar-refractivity contribution in [2.45, 2.75) is 39.4 Å². The Labute approximate surface area is 159 Å². The van der Waals surface area contributed by atoms with Crippen molar-refractivity contribution in [3.8, 4) is 5.75 Å². The number of allylic oxidation sites excluding steroid dienone is 2. The fourth-order valence-electron chi connectivity index (χ4n) is 2.68. The quantitative estimate of drug-likeness (QED) is 0.336. The van der Waals surface area contributed by atoms with Crippen molar-refractivity contribution in [3.63, 3.8) is 0 Å². The van der Waals surface area contributed by atoms with Crippen molar-refractivity contribution in [2.24, 2.45) is 4.99 Å². The summed E-state index contributed by atoms with van der Waals surface area (Å²) in [4.78, 5) is 8.94. The summed E-state index contributed by atoms with van der Waals surface area (Å²) in [6.45, 7) is 10.3. The minimum Gasteiger partial charge on any atom is -0.491 e. The molecule has 0 amide bonds. The molecular formula is C20H28N4O3. The lowest BCUT2D eigenvalue weighted by Gasteiger charge is -2.14. The number of aromatic amines is 1. The molecule has 7 heteroatoms. The second kappa shape index (κ2) is 10.0. The molecule has 0 aliphatic heterocycles. The van der Waals surface area contributed by atoms with Crippen LogP contribution in [-0.2, 0) is 4.89 Å². The van der Waals surface area contributed by atoms with Crippen molar-refractivity contribution in [2.75, 3.05) is 13.6 Å². The number of hydrogen-bond donors (Lipinski definition) is 3. The Balaban J connectivity index is 2.37. The van der Waals surface area contributed by atoms with Crippen LogP contribution in [0.4, 0.5) is 0 Å². The second-order valence-corrected chi connectivity index (χ2v) is 6.26. The Kier molecular flexibility index (Phi) is 7.72. The third kappa shape index (κ3) is 5.26. The van der Waals surface area contributed by atoms with Crippen LogP contribution in [0.25, 0.3) is 10.9 Å². The van der Waals surface area contributed by atoms with Gasteiger partial charge in [0.25, 0.3) is 0 Å². The van der Waals surface area contributed by atoms with Gasteiger partial charge in [-0.1, -0.05) is 12.7 Å². The molecule has 2 atom stereocenters. The van der Waals surface area contributed by atoms with E-state index in [4.69, 9.17) is 9.99 Å². The first-order valence-corrected chi connectivity index (χ1v) is 9.01. The van der Waals surface area contributed by atoms with E-state index in [1.165, 1.54) is 0 Å². The Morgan fingerprint density at radius 1 is 1.44 bits per heavy atom. The number of rotatable bonds is 10. The molecule has 0 saturated carbocycles.